The molecule has 0 bridgehead atoms. The third-order valence-electron chi connectivity index (χ3n) is 6.56. The number of fused-ring (bicyclic) bond motifs is 3. The first kappa shape index (κ1) is 22.2. The fraction of sp³-hybridized carbons (Fsp3) is 0.609. The van der Waals surface area contributed by atoms with E-state index in [0.717, 1.165) is 5.56 Å². The van der Waals surface area contributed by atoms with E-state index in [1.807, 2.05) is 39.8 Å². The monoisotopic (exact) mass is 449 g/mol. The van der Waals surface area contributed by atoms with E-state index in [4.69, 9.17) is 4.98 Å². The first-order chi connectivity index (χ1) is 14.3. The van der Waals surface area contributed by atoms with Crippen molar-refractivity contribution in [2.24, 2.45) is 4.40 Å². The summed E-state index contributed by atoms with van der Waals surface area (Å²) >= 11 is 0. The Balaban J connectivity index is 1.90. The molecule has 1 fully saturated rings. The standard InChI is InChI=1S/C23H29F2N3O2S/c1-14-12-16(15(2)27-31(30)21(3,4)5)18-17(13-14)19(29)28-11-10-22(20(28)26-18)6-8-23(24,25)9-7-22/h12-13H,6-11H2,1-5H3/t31-/m1/s1. The van der Waals surface area contributed by atoms with Gasteiger partial charge in [-0.1, -0.05) is 0 Å². The number of halogens is 2. The summed E-state index contributed by atoms with van der Waals surface area (Å²) in [4.78, 5) is 18.3. The number of rotatable bonds is 2. The average molecular weight is 450 g/mol. The second-order valence-corrected chi connectivity index (χ2v) is 11.9. The summed E-state index contributed by atoms with van der Waals surface area (Å²) in [5, 5.41) is 0.494. The number of aromatic nitrogens is 2. The molecule has 8 heteroatoms. The molecular formula is C23H29F2N3O2S. The van der Waals surface area contributed by atoms with E-state index < -0.39 is 27.1 Å². The molecule has 5 nitrogen and oxygen atoms in total. The number of aryl methyl sites for hydroxylation is 1. The number of benzene rings is 1. The van der Waals surface area contributed by atoms with Crippen LogP contribution in [0.5, 0.6) is 0 Å². The van der Waals surface area contributed by atoms with Crippen molar-refractivity contribution in [1.29, 1.82) is 0 Å². The van der Waals surface area contributed by atoms with Gasteiger partial charge < -0.3 is 0 Å². The van der Waals surface area contributed by atoms with Crippen molar-refractivity contribution in [2.75, 3.05) is 0 Å². The topological polar surface area (TPSA) is 64.3 Å². The van der Waals surface area contributed by atoms with Gasteiger partial charge in [0.2, 0.25) is 5.92 Å². The zero-order valence-electron chi connectivity index (χ0n) is 18.7. The van der Waals surface area contributed by atoms with E-state index in [1.54, 1.807) is 11.5 Å². The average Bonchev–Trinajstić information content (AvgIpc) is 3.02. The summed E-state index contributed by atoms with van der Waals surface area (Å²) in [6.45, 7) is 9.75. The lowest BCUT2D eigenvalue weighted by molar-refractivity contribution is -0.0523. The molecule has 2 aliphatic rings. The lowest BCUT2D eigenvalue weighted by atomic mass is 9.71. The van der Waals surface area contributed by atoms with Gasteiger partial charge in [-0.2, -0.15) is 4.40 Å². The van der Waals surface area contributed by atoms with Crippen LogP contribution in [0, 0.1) is 6.92 Å². The molecule has 1 aromatic heterocycles. The van der Waals surface area contributed by atoms with Crippen LogP contribution in [-0.2, 0) is 22.9 Å². The summed E-state index contributed by atoms with van der Waals surface area (Å²) in [7, 11) is -1.45. The first-order valence-corrected chi connectivity index (χ1v) is 11.8. The molecule has 4 rings (SSSR count). The third-order valence-corrected chi connectivity index (χ3v) is 8.05. The van der Waals surface area contributed by atoms with Crippen LogP contribution in [0.15, 0.2) is 21.3 Å². The number of alkyl halides is 2. The van der Waals surface area contributed by atoms with Crippen molar-refractivity contribution in [2.45, 2.75) is 89.4 Å². The van der Waals surface area contributed by atoms with E-state index in [1.165, 1.54) is 0 Å². The Labute approximate surface area is 183 Å². The van der Waals surface area contributed by atoms with E-state index in [-0.39, 0.29) is 18.4 Å². The van der Waals surface area contributed by atoms with E-state index >= 15 is 0 Å². The minimum absolute atomic E-state index is 0.135. The minimum atomic E-state index is -2.64. The van der Waals surface area contributed by atoms with Crippen molar-refractivity contribution in [1.82, 2.24) is 9.55 Å². The molecule has 1 spiro atoms. The Hall–Kier alpha value is -1.96. The lowest BCUT2D eigenvalue weighted by Crippen LogP contribution is -2.37. The van der Waals surface area contributed by atoms with Crippen LogP contribution in [0.25, 0.3) is 10.9 Å². The Morgan fingerprint density at radius 2 is 1.81 bits per heavy atom. The van der Waals surface area contributed by atoms with Gasteiger partial charge in [-0.15, -0.1) is 0 Å². The molecule has 0 saturated heterocycles. The molecule has 1 aliphatic heterocycles. The molecule has 0 amide bonds. The van der Waals surface area contributed by atoms with Crippen molar-refractivity contribution < 1.29 is 13.0 Å². The molecule has 2 heterocycles. The fourth-order valence-corrected chi connectivity index (χ4v) is 5.30. The van der Waals surface area contributed by atoms with Crippen molar-refractivity contribution in [3.63, 3.8) is 0 Å². The summed E-state index contributed by atoms with van der Waals surface area (Å²) in [5.41, 5.74) is 2.04. The first-order valence-electron chi connectivity index (χ1n) is 10.7. The van der Waals surface area contributed by atoms with Crippen LogP contribution in [-0.4, -0.2) is 30.1 Å². The van der Waals surface area contributed by atoms with Gasteiger partial charge in [0.05, 0.1) is 21.4 Å². The maximum Gasteiger partial charge on any atom is 0.261 e. The van der Waals surface area contributed by atoms with Gasteiger partial charge >= 0.3 is 0 Å². The zero-order chi connectivity index (χ0) is 22.8. The van der Waals surface area contributed by atoms with Gasteiger partial charge in [-0.05, 0) is 71.6 Å². The van der Waals surface area contributed by atoms with Crippen LogP contribution in [0.1, 0.15) is 76.8 Å². The van der Waals surface area contributed by atoms with Crippen molar-refractivity contribution in [3.8, 4) is 0 Å². The van der Waals surface area contributed by atoms with Crippen LogP contribution in [0.4, 0.5) is 8.78 Å². The molecule has 1 aliphatic carbocycles. The minimum Gasteiger partial charge on any atom is -0.296 e. The van der Waals surface area contributed by atoms with Gasteiger partial charge in [0.1, 0.15) is 16.8 Å². The third kappa shape index (κ3) is 3.88. The van der Waals surface area contributed by atoms with E-state index in [0.29, 0.717) is 53.8 Å². The largest absolute Gasteiger partial charge is 0.296 e. The molecule has 0 N–H and O–H groups in total. The Kier molecular flexibility index (Phi) is 5.23. The molecular weight excluding hydrogens is 420 g/mol. The predicted molar refractivity (Wildman–Crippen MR) is 121 cm³/mol. The van der Waals surface area contributed by atoms with Gasteiger partial charge in [-0.25, -0.2) is 18.0 Å². The van der Waals surface area contributed by atoms with Gasteiger partial charge in [0.25, 0.3) is 5.56 Å². The quantitative estimate of drug-likeness (QED) is 0.617. The lowest BCUT2D eigenvalue weighted by Gasteiger charge is -2.36. The smallest absolute Gasteiger partial charge is 0.261 e. The summed E-state index contributed by atoms with van der Waals surface area (Å²) in [5.74, 6) is -2.02. The molecule has 0 unspecified atom stereocenters. The second-order valence-electron chi connectivity index (χ2n) is 10.0. The maximum atomic E-state index is 13.8. The Morgan fingerprint density at radius 3 is 2.42 bits per heavy atom. The molecule has 2 aromatic rings. The molecule has 1 aromatic carbocycles. The van der Waals surface area contributed by atoms with Gasteiger partial charge in [-0.3, -0.25) is 9.36 Å². The fourth-order valence-electron chi connectivity index (χ4n) is 4.67. The van der Waals surface area contributed by atoms with Gasteiger partial charge in [0, 0.05) is 30.4 Å². The highest BCUT2D eigenvalue weighted by Gasteiger charge is 2.49. The second kappa shape index (κ2) is 7.29. The highest BCUT2D eigenvalue weighted by atomic mass is 32.2. The molecule has 1 saturated carbocycles. The van der Waals surface area contributed by atoms with E-state index in [9.17, 15) is 17.8 Å². The van der Waals surface area contributed by atoms with Crippen LogP contribution >= 0.6 is 0 Å². The summed E-state index contributed by atoms with van der Waals surface area (Å²) < 4.78 is 45.9. The highest BCUT2D eigenvalue weighted by Crippen LogP contribution is 2.49. The number of nitrogens with zero attached hydrogens (tertiary/aromatic N) is 3. The molecule has 168 valence electrons. The van der Waals surface area contributed by atoms with Crippen LogP contribution < -0.4 is 5.56 Å². The van der Waals surface area contributed by atoms with Crippen LogP contribution in [0.2, 0.25) is 0 Å². The van der Waals surface area contributed by atoms with Crippen LogP contribution in [0.3, 0.4) is 0 Å². The van der Waals surface area contributed by atoms with Crippen molar-refractivity contribution >= 4 is 27.6 Å². The Bertz CT molecular complexity index is 1170. The molecule has 0 radical (unpaired) electrons. The summed E-state index contributed by atoms with van der Waals surface area (Å²) in [6.07, 6.45) is 0.983. The molecule has 31 heavy (non-hydrogen) atoms. The number of hydrogen-bond donors (Lipinski definition) is 0. The Morgan fingerprint density at radius 1 is 1.16 bits per heavy atom. The molecule has 1 atom stereocenters. The highest BCUT2D eigenvalue weighted by molar-refractivity contribution is 7.85. The normalized spacial score (nSPS) is 21.5. The van der Waals surface area contributed by atoms with Crippen molar-refractivity contribution in [3.05, 3.63) is 39.4 Å². The summed E-state index contributed by atoms with van der Waals surface area (Å²) in [6, 6.07) is 3.72. The SMILES string of the molecule is CC(=N[S@](=O)C(C)(C)C)c1cc(C)cc2c(=O)n3c(nc12)C1(CC3)CCC(F)(F)CC1. The number of hydrogen-bond acceptors (Lipinski definition) is 3. The predicted octanol–water partition coefficient (Wildman–Crippen LogP) is 4.83. The van der Waals surface area contributed by atoms with E-state index in [2.05, 4.69) is 4.40 Å². The van der Waals surface area contributed by atoms with Gasteiger partial charge in [0.15, 0.2) is 0 Å². The maximum absolute atomic E-state index is 13.8. The zero-order valence-corrected chi connectivity index (χ0v) is 19.5.